The van der Waals surface area contributed by atoms with E-state index in [-0.39, 0.29) is 0 Å². The first-order valence-corrected chi connectivity index (χ1v) is 14.8. The van der Waals surface area contributed by atoms with Crippen LogP contribution in [0, 0.1) is 6.92 Å². The van der Waals surface area contributed by atoms with Gasteiger partial charge in [0.1, 0.15) is 0 Å². The summed E-state index contributed by atoms with van der Waals surface area (Å²) in [7, 11) is 0. The number of fused-ring (bicyclic) bond motifs is 3. The van der Waals surface area contributed by atoms with E-state index in [2.05, 4.69) is 157 Å². The molecule has 1 heteroatoms. The standard InChI is InChI=1S/C42H29N/c1-28-26-31(24-25-43-28)30-14-9-15-32(27-30)41-37-16-5-7-18-39(37)42(40-19-8-6-17-38(40)41)36-23-11-21-34-33(20-10-22-35(34)36)29-12-3-2-4-13-29/h2-27H,1H3. The summed E-state index contributed by atoms with van der Waals surface area (Å²) in [6, 6.07) is 55.1. The second-order valence-electron chi connectivity index (χ2n) is 11.2. The van der Waals surface area contributed by atoms with Gasteiger partial charge in [-0.3, -0.25) is 4.98 Å². The van der Waals surface area contributed by atoms with Crippen LogP contribution in [0.4, 0.5) is 0 Å². The van der Waals surface area contributed by atoms with E-state index < -0.39 is 0 Å². The van der Waals surface area contributed by atoms with Crippen LogP contribution in [-0.2, 0) is 0 Å². The molecule has 0 atom stereocenters. The Hall–Kier alpha value is -5.53. The van der Waals surface area contributed by atoms with Crippen LogP contribution in [0.2, 0.25) is 0 Å². The minimum absolute atomic E-state index is 1.02. The number of pyridine rings is 1. The quantitative estimate of drug-likeness (QED) is 0.200. The van der Waals surface area contributed by atoms with Crippen LogP contribution in [0.3, 0.4) is 0 Å². The molecule has 0 aliphatic heterocycles. The number of hydrogen-bond acceptors (Lipinski definition) is 1. The molecule has 0 spiro atoms. The zero-order valence-corrected chi connectivity index (χ0v) is 24.0. The van der Waals surface area contributed by atoms with Gasteiger partial charge in [0.2, 0.25) is 0 Å². The minimum atomic E-state index is 1.02. The van der Waals surface area contributed by atoms with Crippen LogP contribution < -0.4 is 0 Å². The molecule has 1 aromatic heterocycles. The first kappa shape index (κ1) is 25.2. The Morgan fingerprint density at radius 1 is 0.349 bits per heavy atom. The maximum atomic E-state index is 4.41. The van der Waals surface area contributed by atoms with E-state index in [4.69, 9.17) is 0 Å². The highest BCUT2D eigenvalue weighted by atomic mass is 14.6. The third-order valence-electron chi connectivity index (χ3n) is 8.59. The summed E-state index contributed by atoms with van der Waals surface area (Å²) >= 11 is 0. The lowest BCUT2D eigenvalue weighted by Crippen LogP contribution is -1.92. The lowest BCUT2D eigenvalue weighted by atomic mass is 9.84. The zero-order valence-electron chi connectivity index (χ0n) is 24.0. The first-order chi connectivity index (χ1) is 21.3. The molecule has 0 bridgehead atoms. The Balaban J connectivity index is 1.43. The summed E-state index contributed by atoms with van der Waals surface area (Å²) < 4.78 is 0. The average Bonchev–Trinajstić information content (AvgIpc) is 3.07. The summed E-state index contributed by atoms with van der Waals surface area (Å²) in [5.41, 5.74) is 10.9. The fraction of sp³-hybridized carbons (Fsp3) is 0.0238. The van der Waals surface area contributed by atoms with Crippen LogP contribution in [0.25, 0.3) is 76.8 Å². The Bertz CT molecular complexity index is 2240. The molecule has 0 aliphatic rings. The smallest absolute Gasteiger partial charge is 0.0378 e. The van der Waals surface area contributed by atoms with E-state index in [0.717, 1.165) is 5.69 Å². The van der Waals surface area contributed by atoms with Gasteiger partial charge in [-0.1, -0.05) is 133 Å². The van der Waals surface area contributed by atoms with Gasteiger partial charge >= 0.3 is 0 Å². The minimum Gasteiger partial charge on any atom is -0.262 e. The van der Waals surface area contributed by atoms with Gasteiger partial charge < -0.3 is 0 Å². The summed E-state index contributed by atoms with van der Waals surface area (Å²) in [4.78, 5) is 4.41. The second kappa shape index (κ2) is 10.4. The van der Waals surface area contributed by atoms with Crippen LogP contribution >= 0.6 is 0 Å². The van der Waals surface area contributed by atoms with Crippen LogP contribution in [-0.4, -0.2) is 4.98 Å². The van der Waals surface area contributed by atoms with Crippen molar-refractivity contribution in [3.05, 3.63) is 164 Å². The SMILES string of the molecule is Cc1cc(-c2cccc(-c3c4ccccc4c(-c4cccc5c(-c6ccccc6)cccc45)c4ccccc34)c2)ccn1. The van der Waals surface area contributed by atoms with Gasteiger partial charge in [0.05, 0.1) is 0 Å². The number of hydrogen-bond donors (Lipinski definition) is 0. The van der Waals surface area contributed by atoms with E-state index >= 15 is 0 Å². The molecule has 8 aromatic rings. The monoisotopic (exact) mass is 547 g/mol. The molecular weight excluding hydrogens is 518 g/mol. The van der Waals surface area contributed by atoms with Gasteiger partial charge in [-0.15, -0.1) is 0 Å². The normalized spacial score (nSPS) is 11.4. The van der Waals surface area contributed by atoms with Gasteiger partial charge in [0, 0.05) is 11.9 Å². The third kappa shape index (κ3) is 4.29. The molecule has 0 radical (unpaired) electrons. The van der Waals surface area contributed by atoms with E-state index in [1.807, 2.05) is 13.1 Å². The molecule has 1 heterocycles. The van der Waals surface area contributed by atoms with Crippen molar-refractivity contribution >= 4 is 32.3 Å². The van der Waals surface area contributed by atoms with E-state index in [1.54, 1.807) is 0 Å². The number of rotatable bonds is 4. The average molecular weight is 548 g/mol. The molecule has 1 nitrogen and oxygen atoms in total. The summed E-state index contributed by atoms with van der Waals surface area (Å²) in [5, 5.41) is 7.58. The topological polar surface area (TPSA) is 12.9 Å². The maximum absolute atomic E-state index is 4.41. The Kier molecular flexibility index (Phi) is 6.09. The summed E-state index contributed by atoms with van der Waals surface area (Å²) in [5.74, 6) is 0. The van der Waals surface area contributed by atoms with Crippen molar-refractivity contribution < 1.29 is 0 Å². The Labute approximate surface area is 251 Å². The number of aromatic nitrogens is 1. The molecule has 202 valence electrons. The van der Waals surface area contributed by atoms with E-state index in [1.165, 1.54) is 76.8 Å². The molecule has 0 amide bonds. The third-order valence-corrected chi connectivity index (χ3v) is 8.59. The van der Waals surface area contributed by atoms with E-state index in [9.17, 15) is 0 Å². The van der Waals surface area contributed by atoms with Crippen LogP contribution in [0.5, 0.6) is 0 Å². The summed E-state index contributed by atoms with van der Waals surface area (Å²) in [6.45, 7) is 2.04. The summed E-state index contributed by atoms with van der Waals surface area (Å²) in [6.07, 6.45) is 1.89. The van der Waals surface area contributed by atoms with Crippen molar-refractivity contribution in [1.82, 2.24) is 4.98 Å². The molecule has 0 N–H and O–H groups in total. The highest BCUT2D eigenvalue weighted by Crippen LogP contribution is 2.46. The molecular formula is C42H29N. The lowest BCUT2D eigenvalue weighted by Gasteiger charge is -2.19. The number of nitrogens with zero attached hydrogens (tertiary/aromatic N) is 1. The van der Waals surface area contributed by atoms with Gasteiger partial charge in [-0.25, -0.2) is 0 Å². The molecule has 7 aromatic carbocycles. The predicted molar refractivity (Wildman–Crippen MR) is 183 cm³/mol. The van der Waals surface area contributed by atoms with Gasteiger partial charge in [-0.2, -0.15) is 0 Å². The van der Waals surface area contributed by atoms with Crippen LogP contribution in [0.15, 0.2) is 158 Å². The Morgan fingerprint density at radius 2 is 0.837 bits per heavy atom. The highest BCUT2D eigenvalue weighted by molar-refractivity contribution is 6.24. The number of aryl methyl sites for hydroxylation is 1. The molecule has 8 rings (SSSR count). The van der Waals surface area contributed by atoms with Gasteiger partial charge in [0.15, 0.2) is 0 Å². The molecule has 0 saturated heterocycles. The predicted octanol–water partition coefficient (Wildman–Crippen LogP) is 11.5. The Morgan fingerprint density at radius 3 is 1.51 bits per heavy atom. The highest BCUT2D eigenvalue weighted by Gasteiger charge is 2.18. The van der Waals surface area contributed by atoms with E-state index in [0.29, 0.717) is 0 Å². The fourth-order valence-corrected chi connectivity index (χ4v) is 6.71. The van der Waals surface area contributed by atoms with Crippen molar-refractivity contribution in [3.8, 4) is 44.5 Å². The van der Waals surface area contributed by atoms with Crippen LogP contribution in [0.1, 0.15) is 5.69 Å². The first-order valence-electron chi connectivity index (χ1n) is 14.8. The fourth-order valence-electron chi connectivity index (χ4n) is 6.71. The van der Waals surface area contributed by atoms with Crippen molar-refractivity contribution in [1.29, 1.82) is 0 Å². The van der Waals surface area contributed by atoms with Crippen molar-refractivity contribution in [3.63, 3.8) is 0 Å². The van der Waals surface area contributed by atoms with Crippen molar-refractivity contribution in [2.24, 2.45) is 0 Å². The van der Waals surface area contributed by atoms with Gasteiger partial charge in [-0.05, 0) is 102 Å². The number of benzene rings is 7. The van der Waals surface area contributed by atoms with Crippen molar-refractivity contribution in [2.75, 3.05) is 0 Å². The molecule has 0 saturated carbocycles. The zero-order chi connectivity index (χ0) is 28.8. The second-order valence-corrected chi connectivity index (χ2v) is 11.2. The molecule has 43 heavy (non-hydrogen) atoms. The van der Waals surface area contributed by atoms with Gasteiger partial charge in [0.25, 0.3) is 0 Å². The molecule has 0 unspecified atom stereocenters. The molecule has 0 fully saturated rings. The maximum Gasteiger partial charge on any atom is 0.0378 e. The largest absolute Gasteiger partial charge is 0.262 e. The lowest BCUT2D eigenvalue weighted by molar-refractivity contribution is 1.20. The molecule has 0 aliphatic carbocycles. The van der Waals surface area contributed by atoms with Crippen molar-refractivity contribution in [2.45, 2.75) is 6.92 Å².